The number of hydrogen-bond acceptors (Lipinski definition) is 2. The zero-order chi connectivity index (χ0) is 12.0. The summed E-state index contributed by atoms with van der Waals surface area (Å²) in [4.78, 5) is 4.47. The smallest absolute Gasteiger partial charge is 0.0448 e. The fraction of sp³-hybridized carbons (Fsp3) is 0.643. The fourth-order valence-electron chi connectivity index (χ4n) is 1.81. The van der Waals surface area contributed by atoms with Gasteiger partial charge in [0.1, 0.15) is 0 Å². The summed E-state index contributed by atoms with van der Waals surface area (Å²) in [5, 5.41) is 3.60. The quantitative estimate of drug-likeness (QED) is 0.797. The minimum absolute atomic E-state index is 0.536. The molecule has 0 aromatic carbocycles. The van der Waals surface area contributed by atoms with E-state index in [1.165, 1.54) is 17.7 Å². The Bertz CT molecular complexity index is 307. The van der Waals surface area contributed by atoms with Gasteiger partial charge >= 0.3 is 0 Å². The first kappa shape index (κ1) is 13.2. The largest absolute Gasteiger partial charge is 0.313 e. The van der Waals surface area contributed by atoms with Gasteiger partial charge in [-0.2, -0.15) is 0 Å². The van der Waals surface area contributed by atoms with Crippen LogP contribution in [-0.2, 0) is 6.42 Å². The highest BCUT2D eigenvalue weighted by Crippen LogP contribution is 2.11. The van der Waals surface area contributed by atoms with E-state index in [0.717, 1.165) is 13.0 Å². The van der Waals surface area contributed by atoms with E-state index in [4.69, 9.17) is 0 Å². The van der Waals surface area contributed by atoms with Crippen LogP contribution in [0.4, 0.5) is 0 Å². The molecule has 0 aliphatic heterocycles. The molecule has 0 amide bonds. The second-order valence-corrected chi connectivity index (χ2v) is 4.78. The second kappa shape index (κ2) is 6.64. The highest BCUT2D eigenvalue weighted by Gasteiger charge is 2.14. The van der Waals surface area contributed by atoms with E-state index in [9.17, 15) is 0 Å². The van der Waals surface area contributed by atoms with Gasteiger partial charge in [0, 0.05) is 24.4 Å². The molecule has 2 heteroatoms. The van der Waals surface area contributed by atoms with Crippen LogP contribution in [0, 0.1) is 12.8 Å². The first-order valence-corrected chi connectivity index (χ1v) is 6.29. The van der Waals surface area contributed by atoms with E-state index in [1.807, 2.05) is 12.3 Å². The average molecular weight is 220 g/mol. The summed E-state index contributed by atoms with van der Waals surface area (Å²) in [6.07, 6.45) is 4.11. The van der Waals surface area contributed by atoms with Crippen LogP contribution in [0.2, 0.25) is 0 Å². The van der Waals surface area contributed by atoms with E-state index in [-0.39, 0.29) is 0 Å². The first-order chi connectivity index (χ1) is 7.65. The molecule has 0 saturated heterocycles. The Morgan fingerprint density at radius 2 is 2.12 bits per heavy atom. The number of pyridine rings is 1. The molecule has 2 nitrogen and oxygen atoms in total. The number of rotatable bonds is 6. The van der Waals surface area contributed by atoms with Gasteiger partial charge in [-0.05, 0) is 37.4 Å². The van der Waals surface area contributed by atoms with Crippen molar-refractivity contribution in [3.05, 3.63) is 29.6 Å². The molecule has 1 rings (SSSR count). The molecule has 1 aromatic heterocycles. The molecule has 0 bridgehead atoms. The molecule has 1 N–H and O–H groups in total. The maximum atomic E-state index is 4.47. The lowest BCUT2D eigenvalue weighted by Gasteiger charge is -2.22. The Morgan fingerprint density at radius 1 is 1.38 bits per heavy atom. The van der Waals surface area contributed by atoms with Crippen LogP contribution in [-0.4, -0.2) is 17.6 Å². The van der Waals surface area contributed by atoms with Crippen LogP contribution in [0.3, 0.4) is 0 Å². The van der Waals surface area contributed by atoms with Crippen molar-refractivity contribution in [2.24, 2.45) is 5.92 Å². The molecular weight excluding hydrogens is 196 g/mol. The SMILES string of the molecule is CCCNC(Cc1ncccc1C)C(C)C. The van der Waals surface area contributed by atoms with Gasteiger partial charge in [-0.15, -0.1) is 0 Å². The highest BCUT2D eigenvalue weighted by atomic mass is 14.9. The van der Waals surface area contributed by atoms with Crippen LogP contribution >= 0.6 is 0 Å². The van der Waals surface area contributed by atoms with Gasteiger partial charge in [0.2, 0.25) is 0 Å². The zero-order valence-electron chi connectivity index (χ0n) is 11.0. The van der Waals surface area contributed by atoms with E-state index >= 15 is 0 Å². The Labute approximate surface area is 99.5 Å². The third-order valence-corrected chi connectivity index (χ3v) is 2.99. The molecule has 0 radical (unpaired) electrons. The summed E-state index contributed by atoms with van der Waals surface area (Å²) >= 11 is 0. The summed E-state index contributed by atoms with van der Waals surface area (Å²) in [6, 6.07) is 4.68. The van der Waals surface area contributed by atoms with Gasteiger partial charge in [0.15, 0.2) is 0 Å². The fourth-order valence-corrected chi connectivity index (χ4v) is 1.81. The number of aryl methyl sites for hydroxylation is 1. The van der Waals surface area contributed by atoms with Crippen molar-refractivity contribution in [2.45, 2.75) is 46.6 Å². The van der Waals surface area contributed by atoms with Gasteiger partial charge in [-0.25, -0.2) is 0 Å². The molecule has 0 aliphatic rings. The lowest BCUT2D eigenvalue weighted by atomic mass is 9.97. The van der Waals surface area contributed by atoms with Gasteiger partial charge < -0.3 is 5.32 Å². The van der Waals surface area contributed by atoms with Crippen molar-refractivity contribution in [1.29, 1.82) is 0 Å². The molecule has 1 aromatic rings. The molecule has 1 atom stereocenters. The van der Waals surface area contributed by atoms with Gasteiger partial charge in [-0.1, -0.05) is 26.8 Å². The lowest BCUT2D eigenvalue weighted by Crippen LogP contribution is -2.36. The zero-order valence-corrected chi connectivity index (χ0v) is 11.0. The summed E-state index contributed by atoms with van der Waals surface area (Å²) in [5.41, 5.74) is 2.52. The summed E-state index contributed by atoms with van der Waals surface area (Å²) in [5.74, 6) is 0.646. The normalized spacial score (nSPS) is 13.1. The number of aromatic nitrogens is 1. The van der Waals surface area contributed by atoms with Crippen molar-refractivity contribution < 1.29 is 0 Å². The van der Waals surface area contributed by atoms with Crippen LogP contribution in [0.25, 0.3) is 0 Å². The molecule has 16 heavy (non-hydrogen) atoms. The minimum Gasteiger partial charge on any atom is -0.313 e. The summed E-state index contributed by atoms with van der Waals surface area (Å²) in [7, 11) is 0. The monoisotopic (exact) mass is 220 g/mol. The Hall–Kier alpha value is -0.890. The third-order valence-electron chi connectivity index (χ3n) is 2.99. The van der Waals surface area contributed by atoms with Gasteiger partial charge in [0.25, 0.3) is 0 Å². The Balaban J connectivity index is 2.64. The van der Waals surface area contributed by atoms with Crippen molar-refractivity contribution in [3.63, 3.8) is 0 Å². The van der Waals surface area contributed by atoms with Crippen LogP contribution in [0.1, 0.15) is 38.4 Å². The summed E-state index contributed by atoms with van der Waals surface area (Å²) < 4.78 is 0. The van der Waals surface area contributed by atoms with Crippen LogP contribution in [0.5, 0.6) is 0 Å². The summed E-state index contributed by atoms with van der Waals surface area (Å²) in [6.45, 7) is 9.97. The highest BCUT2D eigenvalue weighted by molar-refractivity contribution is 5.18. The van der Waals surface area contributed by atoms with E-state index in [0.29, 0.717) is 12.0 Å². The minimum atomic E-state index is 0.536. The molecular formula is C14H24N2. The maximum Gasteiger partial charge on any atom is 0.0448 e. The third kappa shape index (κ3) is 3.93. The molecule has 0 fully saturated rings. The molecule has 0 aliphatic carbocycles. The first-order valence-electron chi connectivity index (χ1n) is 6.29. The molecule has 1 unspecified atom stereocenters. The van der Waals surface area contributed by atoms with Crippen LogP contribution in [0.15, 0.2) is 18.3 Å². The average Bonchev–Trinajstić information content (AvgIpc) is 2.26. The topological polar surface area (TPSA) is 24.9 Å². The molecule has 0 saturated carbocycles. The Morgan fingerprint density at radius 3 is 2.69 bits per heavy atom. The molecule has 0 spiro atoms. The number of nitrogens with one attached hydrogen (secondary N) is 1. The lowest BCUT2D eigenvalue weighted by molar-refractivity contribution is 0.394. The standard InChI is InChI=1S/C14H24N2/c1-5-8-15-13(11(2)3)10-14-12(4)7-6-9-16-14/h6-7,9,11,13,15H,5,8,10H2,1-4H3. The van der Waals surface area contributed by atoms with Crippen LogP contribution < -0.4 is 5.32 Å². The van der Waals surface area contributed by atoms with Gasteiger partial charge in [0.05, 0.1) is 0 Å². The van der Waals surface area contributed by atoms with Gasteiger partial charge in [-0.3, -0.25) is 4.98 Å². The van der Waals surface area contributed by atoms with E-state index in [2.05, 4.69) is 44.1 Å². The number of nitrogens with zero attached hydrogens (tertiary/aromatic N) is 1. The molecule has 1 heterocycles. The van der Waals surface area contributed by atoms with Crippen molar-refractivity contribution in [3.8, 4) is 0 Å². The second-order valence-electron chi connectivity index (χ2n) is 4.78. The van der Waals surface area contributed by atoms with Crippen molar-refractivity contribution in [2.75, 3.05) is 6.54 Å². The predicted molar refractivity (Wildman–Crippen MR) is 69.6 cm³/mol. The van der Waals surface area contributed by atoms with Crippen molar-refractivity contribution in [1.82, 2.24) is 10.3 Å². The van der Waals surface area contributed by atoms with Crippen molar-refractivity contribution >= 4 is 0 Å². The molecule has 90 valence electrons. The van der Waals surface area contributed by atoms with E-state index < -0.39 is 0 Å². The Kier molecular flexibility index (Phi) is 5.47. The number of hydrogen-bond donors (Lipinski definition) is 1. The van der Waals surface area contributed by atoms with E-state index in [1.54, 1.807) is 0 Å². The predicted octanol–water partition coefficient (Wildman–Crippen LogP) is 2.96. The maximum absolute atomic E-state index is 4.47.